The lowest BCUT2D eigenvalue weighted by Gasteiger charge is -2.19. The summed E-state index contributed by atoms with van der Waals surface area (Å²) in [6.07, 6.45) is 1.34. The Kier molecular flexibility index (Phi) is 6.31. The average Bonchev–Trinajstić information content (AvgIpc) is 2.16. The van der Waals surface area contributed by atoms with E-state index in [-0.39, 0.29) is 24.3 Å². The SMILES string of the molecule is CCOC(=O)C(=CNC(C)(C)C)C(=O)OCC. The highest BCUT2D eigenvalue weighted by Crippen LogP contribution is 2.04. The molecule has 0 radical (unpaired) electrons. The van der Waals surface area contributed by atoms with Gasteiger partial charge in [-0.1, -0.05) is 0 Å². The molecular formula is C12H21NO4. The van der Waals surface area contributed by atoms with E-state index in [1.54, 1.807) is 13.8 Å². The predicted octanol–water partition coefficient (Wildman–Crippen LogP) is 1.38. The van der Waals surface area contributed by atoms with E-state index in [1.165, 1.54) is 6.20 Å². The van der Waals surface area contributed by atoms with Crippen LogP contribution in [-0.2, 0) is 19.1 Å². The van der Waals surface area contributed by atoms with Gasteiger partial charge in [0.05, 0.1) is 13.2 Å². The smallest absolute Gasteiger partial charge is 0.347 e. The van der Waals surface area contributed by atoms with Crippen molar-refractivity contribution in [2.75, 3.05) is 13.2 Å². The first-order valence-corrected chi connectivity index (χ1v) is 5.64. The molecule has 0 bridgehead atoms. The zero-order valence-electron chi connectivity index (χ0n) is 11.1. The maximum Gasteiger partial charge on any atom is 0.347 e. The summed E-state index contributed by atoms with van der Waals surface area (Å²) < 4.78 is 9.58. The Morgan fingerprint density at radius 1 is 1.06 bits per heavy atom. The topological polar surface area (TPSA) is 64.6 Å². The Hall–Kier alpha value is -1.52. The predicted molar refractivity (Wildman–Crippen MR) is 64.2 cm³/mol. The maximum atomic E-state index is 11.5. The van der Waals surface area contributed by atoms with Crippen molar-refractivity contribution in [3.8, 4) is 0 Å². The molecule has 5 heteroatoms. The molecule has 0 saturated carbocycles. The molecule has 0 aliphatic rings. The van der Waals surface area contributed by atoms with E-state index in [0.717, 1.165) is 0 Å². The molecule has 0 spiro atoms. The fraction of sp³-hybridized carbons (Fsp3) is 0.667. The van der Waals surface area contributed by atoms with Gasteiger partial charge in [-0.3, -0.25) is 0 Å². The molecule has 0 aromatic rings. The Bertz CT molecular complexity index is 282. The Labute approximate surface area is 102 Å². The third-order valence-corrected chi connectivity index (χ3v) is 1.64. The number of carbonyl (C=O) groups is 2. The van der Waals surface area contributed by atoms with Crippen LogP contribution in [-0.4, -0.2) is 30.7 Å². The first-order valence-electron chi connectivity index (χ1n) is 5.64. The molecule has 0 heterocycles. The van der Waals surface area contributed by atoms with Crippen molar-refractivity contribution in [3.05, 3.63) is 11.8 Å². The molecule has 0 aliphatic carbocycles. The van der Waals surface area contributed by atoms with Gasteiger partial charge in [-0.25, -0.2) is 9.59 Å². The lowest BCUT2D eigenvalue weighted by atomic mass is 10.1. The summed E-state index contributed by atoms with van der Waals surface area (Å²) in [5.74, 6) is -1.36. The van der Waals surface area contributed by atoms with Crippen LogP contribution in [0.5, 0.6) is 0 Å². The van der Waals surface area contributed by atoms with Crippen LogP contribution in [0.1, 0.15) is 34.6 Å². The van der Waals surface area contributed by atoms with Crippen LogP contribution in [0, 0.1) is 0 Å². The highest BCUT2D eigenvalue weighted by atomic mass is 16.6. The van der Waals surface area contributed by atoms with E-state index in [9.17, 15) is 9.59 Å². The number of carbonyl (C=O) groups excluding carboxylic acids is 2. The van der Waals surface area contributed by atoms with Gasteiger partial charge in [-0.15, -0.1) is 0 Å². The van der Waals surface area contributed by atoms with E-state index in [0.29, 0.717) is 0 Å². The summed E-state index contributed by atoms with van der Waals surface area (Å²) in [5, 5.41) is 2.94. The van der Waals surface area contributed by atoms with Gasteiger partial charge in [0.2, 0.25) is 0 Å². The highest BCUT2D eigenvalue weighted by Gasteiger charge is 2.21. The number of nitrogens with one attached hydrogen (secondary N) is 1. The minimum absolute atomic E-state index is 0.122. The standard InChI is InChI=1S/C12H21NO4/c1-6-16-10(14)9(11(15)17-7-2)8-13-12(3,4)5/h8,13H,6-7H2,1-5H3. The molecule has 0 aromatic carbocycles. The van der Waals surface area contributed by atoms with E-state index in [2.05, 4.69) is 5.32 Å². The molecule has 5 nitrogen and oxygen atoms in total. The maximum absolute atomic E-state index is 11.5. The van der Waals surface area contributed by atoms with Gasteiger partial charge < -0.3 is 14.8 Å². The molecule has 0 fully saturated rings. The summed E-state index contributed by atoms with van der Waals surface area (Å²) in [6, 6.07) is 0. The van der Waals surface area contributed by atoms with Crippen molar-refractivity contribution in [1.82, 2.24) is 5.32 Å². The van der Waals surface area contributed by atoms with Gasteiger partial charge in [0.15, 0.2) is 5.57 Å². The van der Waals surface area contributed by atoms with Crippen molar-refractivity contribution < 1.29 is 19.1 Å². The number of esters is 2. The normalized spacial score (nSPS) is 10.4. The van der Waals surface area contributed by atoms with E-state index < -0.39 is 11.9 Å². The summed E-state index contributed by atoms with van der Waals surface area (Å²) in [5.41, 5.74) is -0.367. The van der Waals surface area contributed by atoms with Crippen LogP contribution in [0.4, 0.5) is 0 Å². The van der Waals surface area contributed by atoms with E-state index in [4.69, 9.17) is 9.47 Å². The molecule has 0 saturated heterocycles. The largest absolute Gasteiger partial charge is 0.462 e. The second kappa shape index (κ2) is 6.93. The number of hydrogen-bond acceptors (Lipinski definition) is 5. The Morgan fingerprint density at radius 3 is 1.76 bits per heavy atom. The van der Waals surface area contributed by atoms with Crippen LogP contribution >= 0.6 is 0 Å². The second-order valence-electron chi connectivity index (χ2n) is 4.39. The first-order chi connectivity index (χ1) is 7.81. The van der Waals surface area contributed by atoms with Crippen LogP contribution < -0.4 is 5.32 Å². The molecule has 1 N–H and O–H groups in total. The van der Waals surface area contributed by atoms with Gasteiger partial charge in [-0.05, 0) is 34.6 Å². The molecule has 0 aliphatic heterocycles. The second-order valence-corrected chi connectivity index (χ2v) is 4.39. The van der Waals surface area contributed by atoms with Gasteiger partial charge in [0.25, 0.3) is 0 Å². The molecule has 0 rings (SSSR count). The van der Waals surface area contributed by atoms with Gasteiger partial charge in [0, 0.05) is 11.7 Å². The third-order valence-electron chi connectivity index (χ3n) is 1.64. The van der Waals surface area contributed by atoms with Gasteiger partial charge in [-0.2, -0.15) is 0 Å². The Balaban J connectivity index is 4.84. The van der Waals surface area contributed by atoms with Gasteiger partial charge in [0.1, 0.15) is 0 Å². The van der Waals surface area contributed by atoms with Crippen molar-refractivity contribution in [1.29, 1.82) is 0 Å². The number of rotatable bonds is 5. The third kappa shape index (κ3) is 6.60. The molecule has 98 valence electrons. The zero-order chi connectivity index (χ0) is 13.5. The number of hydrogen-bond donors (Lipinski definition) is 1. The average molecular weight is 243 g/mol. The van der Waals surface area contributed by atoms with Crippen molar-refractivity contribution >= 4 is 11.9 Å². The lowest BCUT2D eigenvalue weighted by molar-refractivity contribution is -0.146. The molecule has 17 heavy (non-hydrogen) atoms. The van der Waals surface area contributed by atoms with Crippen molar-refractivity contribution in [3.63, 3.8) is 0 Å². The first kappa shape index (κ1) is 15.5. The molecule has 0 atom stereocenters. The van der Waals surface area contributed by atoms with Crippen LogP contribution in [0.3, 0.4) is 0 Å². The minimum Gasteiger partial charge on any atom is -0.462 e. The van der Waals surface area contributed by atoms with Crippen molar-refractivity contribution in [2.24, 2.45) is 0 Å². The molecular weight excluding hydrogens is 222 g/mol. The van der Waals surface area contributed by atoms with Gasteiger partial charge >= 0.3 is 11.9 Å². The summed E-state index contributed by atoms with van der Waals surface area (Å²) in [4.78, 5) is 23.1. The monoisotopic (exact) mass is 243 g/mol. The van der Waals surface area contributed by atoms with Crippen LogP contribution in [0.25, 0.3) is 0 Å². The fourth-order valence-corrected chi connectivity index (χ4v) is 0.908. The fourth-order valence-electron chi connectivity index (χ4n) is 0.908. The van der Waals surface area contributed by atoms with E-state index in [1.807, 2.05) is 20.8 Å². The quantitative estimate of drug-likeness (QED) is 0.342. The zero-order valence-corrected chi connectivity index (χ0v) is 11.1. The highest BCUT2D eigenvalue weighted by molar-refractivity contribution is 6.13. The van der Waals surface area contributed by atoms with Crippen LogP contribution in [0.2, 0.25) is 0 Å². The minimum atomic E-state index is -0.678. The van der Waals surface area contributed by atoms with E-state index >= 15 is 0 Å². The molecule has 0 aromatic heterocycles. The van der Waals surface area contributed by atoms with Crippen molar-refractivity contribution in [2.45, 2.75) is 40.2 Å². The summed E-state index contributed by atoms with van der Waals surface area (Å²) in [6.45, 7) is 9.53. The lowest BCUT2D eigenvalue weighted by Crippen LogP contribution is -2.33. The summed E-state index contributed by atoms with van der Waals surface area (Å²) in [7, 11) is 0. The Morgan fingerprint density at radius 2 is 1.47 bits per heavy atom. The van der Waals surface area contributed by atoms with Crippen LogP contribution in [0.15, 0.2) is 11.8 Å². The number of ether oxygens (including phenoxy) is 2. The summed E-state index contributed by atoms with van der Waals surface area (Å²) >= 11 is 0. The molecule has 0 unspecified atom stereocenters. The molecule has 0 amide bonds.